The Morgan fingerprint density at radius 3 is 2.39 bits per heavy atom. The van der Waals surface area contributed by atoms with Crippen LogP contribution < -0.4 is 14.8 Å². The van der Waals surface area contributed by atoms with Crippen LogP contribution in [0, 0.1) is 5.92 Å². The van der Waals surface area contributed by atoms with Crippen molar-refractivity contribution in [2.24, 2.45) is 5.92 Å². The number of hydrogen-bond acceptors (Lipinski definition) is 8. The number of allylic oxidation sites excluding steroid dienone is 3. The first kappa shape index (κ1) is 27.0. The van der Waals surface area contributed by atoms with E-state index in [0.29, 0.717) is 46.0 Å². The van der Waals surface area contributed by atoms with Gasteiger partial charge in [-0.2, -0.15) is 0 Å². The molecule has 0 radical (unpaired) electrons. The Balaban J connectivity index is 1.93. The molecule has 2 aromatic carbocycles. The molecule has 1 heterocycles. The van der Waals surface area contributed by atoms with E-state index in [-0.39, 0.29) is 13.2 Å². The van der Waals surface area contributed by atoms with Gasteiger partial charge in [0.25, 0.3) is 0 Å². The van der Waals surface area contributed by atoms with E-state index in [1.807, 2.05) is 36.4 Å². The van der Waals surface area contributed by atoms with Crippen LogP contribution in [0.2, 0.25) is 0 Å². The molecule has 8 heteroatoms. The fourth-order valence-electron chi connectivity index (χ4n) is 5.44. The monoisotopic (exact) mass is 519 g/mol. The summed E-state index contributed by atoms with van der Waals surface area (Å²) < 4.78 is 21.8. The molecule has 0 bridgehead atoms. The van der Waals surface area contributed by atoms with Gasteiger partial charge in [0, 0.05) is 28.8 Å². The fourth-order valence-corrected chi connectivity index (χ4v) is 5.44. The number of rotatable bonds is 8. The lowest BCUT2D eigenvalue weighted by Gasteiger charge is -2.39. The van der Waals surface area contributed by atoms with Crippen molar-refractivity contribution in [1.82, 2.24) is 5.32 Å². The minimum atomic E-state index is -1.11. The third kappa shape index (κ3) is 4.90. The number of carbonyl (C=O) groups is 3. The van der Waals surface area contributed by atoms with Gasteiger partial charge >= 0.3 is 11.9 Å². The van der Waals surface area contributed by atoms with E-state index in [9.17, 15) is 14.4 Å². The summed E-state index contributed by atoms with van der Waals surface area (Å²) in [7, 11) is 3.11. The van der Waals surface area contributed by atoms with Crippen molar-refractivity contribution in [2.75, 3.05) is 27.4 Å². The maximum absolute atomic E-state index is 14.4. The van der Waals surface area contributed by atoms with Crippen LogP contribution in [-0.2, 0) is 23.9 Å². The van der Waals surface area contributed by atoms with Gasteiger partial charge in [-0.15, -0.1) is 0 Å². The summed E-state index contributed by atoms with van der Waals surface area (Å²) in [6.07, 6.45) is 0.346. The van der Waals surface area contributed by atoms with Gasteiger partial charge in [0.2, 0.25) is 0 Å². The summed E-state index contributed by atoms with van der Waals surface area (Å²) in [4.78, 5) is 40.9. The molecule has 8 nitrogen and oxygen atoms in total. The van der Waals surface area contributed by atoms with Crippen molar-refractivity contribution in [3.8, 4) is 11.5 Å². The van der Waals surface area contributed by atoms with E-state index in [4.69, 9.17) is 18.9 Å². The first-order valence-electron chi connectivity index (χ1n) is 12.7. The van der Waals surface area contributed by atoms with Crippen molar-refractivity contribution in [1.29, 1.82) is 0 Å². The minimum Gasteiger partial charge on any atom is -0.497 e. The van der Waals surface area contributed by atoms with Gasteiger partial charge in [-0.25, -0.2) is 4.79 Å². The fraction of sp³-hybridized carbons (Fsp3) is 0.367. The molecule has 4 rings (SSSR count). The highest BCUT2D eigenvalue weighted by atomic mass is 16.5. The lowest BCUT2D eigenvalue weighted by molar-refractivity contribution is -0.152. The van der Waals surface area contributed by atoms with E-state index in [1.165, 1.54) is 0 Å². The molecule has 0 unspecified atom stereocenters. The van der Waals surface area contributed by atoms with Crippen molar-refractivity contribution in [3.63, 3.8) is 0 Å². The van der Waals surface area contributed by atoms with Gasteiger partial charge in [0.15, 0.2) is 5.78 Å². The Morgan fingerprint density at radius 2 is 1.71 bits per heavy atom. The van der Waals surface area contributed by atoms with Crippen molar-refractivity contribution in [2.45, 2.75) is 39.0 Å². The van der Waals surface area contributed by atoms with E-state index in [1.54, 1.807) is 47.1 Å². The predicted molar refractivity (Wildman–Crippen MR) is 141 cm³/mol. The standard InChI is InChI=1S/C30H33NO7/c1-6-37-29(33)24-17(3)31-22-16-21(20-13-8-9-14-23(20)36-5)26(30(34)38-7-2)28(32)27(22)25(24)18-11-10-12-19(15-18)35-4/h8-15,21,25-26,31H,6-7,16H2,1-5H3/t21-,25+,26+/m0/s1. The molecule has 200 valence electrons. The first-order valence-corrected chi connectivity index (χ1v) is 12.7. The topological polar surface area (TPSA) is 100 Å². The molecule has 0 aromatic heterocycles. The molecule has 3 atom stereocenters. The van der Waals surface area contributed by atoms with E-state index in [0.717, 1.165) is 5.56 Å². The quantitative estimate of drug-likeness (QED) is 0.404. The van der Waals surface area contributed by atoms with Crippen molar-refractivity contribution in [3.05, 3.63) is 82.2 Å². The number of benzene rings is 2. The Kier molecular flexibility index (Phi) is 8.20. The van der Waals surface area contributed by atoms with Crippen LogP contribution in [0.4, 0.5) is 0 Å². The first-order chi connectivity index (χ1) is 18.4. The number of para-hydroxylation sites is 1. The normalized spacial score (nSPS) is 20.9. The van der Waals surface area contributed by atoms with Crippen LogP contribution >= 0.6 is 0 Å². The van der Waals surface area contributed by atoms with Gasteiger partial charge in [-0.05, 0) is 56.5 Å². The number of Topliss-reactive ketones (excluding diaryl/α,β-unsaturated/α-hetero) is 1. The number of methoxy groups -OCH3 is 2. The summed E-state index contributed by atoms with van der Waals surface area (Å²) in [6, 6.07) is 14.6. The molecule has 38 heavy (non-hydrogen) atoms. The number of nitrogens with one attached hydrogen (secondary N) is 1. The highest BCUT2D eigenvalue weighted by Gasteiger charge is 2.49. The number of dihydropyridines is 1. The summed E-state index contributed by atoms with van der Waals surface area (Å²) in [5.41, 5.74) is 3.36. The predicted octanol–water partition coefficient (Wildman–Crippen LogP) is 4.42. The lowest BCUT2D eigenvalue weighted by atomic mass is 9.67. The van der Waals surface area contributed by atoms with Crippen LogP contribution in [0.1, 0.15) is 50.2 Å². The number of carbonyl (C=O) groups excluding carboxylic acids is 3. The molecular weight excluding hydrogens is 486 g/mol. The van der Waals surface area contributed by atoms with Gasteiger partial charge in [-0.3, -0.25) is 9.59 Å². The number of ketones is 1. The van der Waals surface area contributed by atoms with Gasteiger partial charge < -0.3 is 24.3 Å². The van der Waals surface area contributed by atoms with Gasteiger partial charge in [0.05, 0.1) is 33.0 Å². The smallest absolute Gasteiger partial charge is 0.336 e. The largest absolute Gasteiger partial charge is 0.497 e. The third-order valence-corrected chi connectivity index (χ3v) is 7.02. The molecule has 1 aliphatic heterocycles. The van der Waals surface area contributed by atoms with Crippen LogP contribution in [0.15, 0.2) is 71.1 Å². The van der Waals surface area contributed by atoms with Crippen LogP contribution in [0.25, 0.3) is 0 Å². The molecule has 2 aromatic rings. The molecule has 0 amide bonds. The molecule has 1 aliphatic carbocycles. The van der Waals surface area contributed by atoms with E-state index in [2.05, 4.69) is 5.32 Å². The highest BCUT2D eigenvalue weighted by molar-refractivity contribution is 6.13. The molecule has 0 saturated heterocycles. The van der Waals surface area contributed by atoms with E-state index < -0.39 is 35.5 Å². The van der Waals surface area contributed by atoms with Gasteiger partial charge in [0.1, 0.15) is 17.4 Å². The number of ether oxygens (including phenoxy) is 4. The van der Waals surface area contributed by atoms with Crippen LogP contribution in [-0.4, -0.2) is 45.2 Å². The Labute approximate surface area is 222 Å². The molecule has 1 N–H and O–H groups in total. The molecule has 0 spiro atoms. The molecular formula is C30H33NO7. The number of esters is 2. The van der Waals surface area contributed by atoms with E-state index >= 15 is 0 Å². The maximum atomic E-state index is 14.4. The second-order valence-electron chi connectivity index (χ2n) is 9.13. The summed E-state index contributed by atoms with van der Waals surface area (Å²) >= 11 is 0. The molecule has 0 fully saturated rings. The average Bonchev–Trinajstić information content (AvgIpc) is 2.92. The SMILES string of the molecule is CCOC(=O)C1=C(C)NC2=C(C(=O)[C@H](C(=O)OCC)[C@H](c3ccccc3OC)C2)[C@@H]1c1cccc(OC)c1. The van der Waals surface area contributed by atoms with Crippen LogP contribution in [0.5, 0.6) is 11.5 Å². The van der Waals surface area contributed by atoms with Crippen LogP contribution in [0.3, 0.4) is 0 Å². The zero-order valence-corrected chi connectivity index (χ0v) is 22.3. The molecule has 2 aliphatic rings. The van der Waals surface area contributed by atoms with Crippen molar-refractivity contribution < 1.29 is 33.3 Å². The lowest BCUT2D eigenvalue weighted by Crippen LogP contribution is -2.43. The highest BCUT2D eigenvalue weighted by Crippen LogP contribution is 2.49. The summed E-state index contributed by atoms with van der Waals surface area (Å²) in [6.45, 7) is 5.55. The second-order valence-corrected chi connectivity index (χ2v) is 9.13. The zero-order valence-electron chi connectivity index (χ0n) is 22.3. The Bertz CT molecular complexity index is 1310. The maximum Gasteiger partial charge on any atom is 0.336 e. The number of hydrogen-bond donors (Lipinski definition) is 1. The average molecular weight is 520 g/mol. The Hall–Kier alpha value is -4.07. The van der Waals surface area contributed by atoms with Gasteiger partial charge in [-0.1, -0.05) is 30.3 Å². The zero-order chi connectivity index (χ0) is 27.4. The Morgan fingerprint density at radius 1 is 0.974 bits per heavy atom. The summed E-state index contributed by atoms with van der Waals surface area (Å²) in [5, 5.41) is 3.31. The van der Waals surface area contributed by atoms with Crippen molar-refractivity contribution >= 4 is 17.7 Å². The summed E-state index contributed by atoms with van der Waals surface area (Å²) in [5.74, 6) is -2.73. The second kappa shape index (κ2) is 11.5. The minimum absolute atomic E-state index is 0.137. The third-order valence-electron chi connectivity index (χ3n) is 7.02. The molecule has 0 saturated carbocycles.